The summed E-state index contributed by atoms with van der Waals surface area (Å²) in [4.78, 5) is 25.5. The molecule has 25 heavy (non-hydrogen) atoms. The molecule has 5 heteroatoms. The number of benzene rings is 3. The Labute approximate surface area is 144 Å². The van der Waals surface area contributed by atoms with E-state index in [0.29, 0.717) is 22.5 Å². The van der Waals surface area contributed by atoms with Crippen molar-refractivity contribution in [2.24, 2.45) is 0 Å². The second-order valence-corrected chi connectivity index (χ2v) is 5.64. The summed E-state index contributed by atoms with van der Waals surface area (Å²) < 4.78 is 0. The number of carbonyl (C=O) groups excluding carboxylic acids is 2. The monoisotopic (exact) mass is 329 g/mol. The molecule has 0 bridgehead atoms. The Morgan fingerprint density at radius 2 is 1.28 bits per heavy atom. The fourth-order valence-corrected chi connectivity index (χ4v) is 2.81. The quantitative estimate of drug-likeness (QED) is 0.709. The maximum atomic E-state index is 12.8. The van der Waals surface area contributed by atoms with Crippen molar-refractivity contribution < 1.29 is 9.59 Å². The van der Waals surface area contributed by atoms with E-state index in [4.69, 9.17) is 0 Å². The Kier molecular flexibility index (Phi) is 3.67. The van der Waals surface area contributed by atoms with Crippen molar-refractivity contribution in [1.29, 1.82) is 0 Å². The first-order valence-electron chi connectivity index (χ1n) is 7.89. The molecule has 0 radical (unpaired) electrons. The number of hydrogen-bond acceptors (Lipinski definition) is 4. The van der Waals surface area contributed by atoms with E-state index in [2.05, 4.69) is 10.7 Å². The van der Waals surface area contributed by atoms with Gasteiger partial charge < -0.3 is 5.32 Å². The van der Waals surface area contributed by atoms with Gasteiger partial charge in [-0.25, -0.2) is 0 Å². The number of hydrazine groups is 1. The number of imide groups is 1. The van der Waals surface area contributed by atoms with Crippen LogP contribution in [0.1, 0.15) is 20.7 Å². The lowest BCUT2D eigenvalue weighted by Gasteiger charge is -2.16. The summed E-state index contributed by atoms with van der Waals surface area (Å²) in [5.41, 5.74) is 5.78. The Bertz CT molecular complexity index is 940. The van der Waals surface area contributed by atoms with Crippen molar-refractivity contribution in [3.05, 3.63) is 90.0 Å². The SMILES string of the molecule is O=C1c2cccc(Nc3ccccc3)c2C(=O)N1Nc1ccccc1. The molecule has 4 rings (SSSR count). The van der Waals surface area contributed by atoms with Crippen LogP contribution in [-0.2, 0) is 0 Å². The number of amides is 2. The first kappa shape index (κ1) is 15.0. The normalized spacial score (nSPS) is 12.9. The van der Waals surface area contributed by atoms with Gasteiger partial charge in [0.2, 0.25) is 0 Å². The third-order valence-corrected chi connectivity index (χ3v) is 3.98. The van der Waals surface area contributed by atoms with Crippen LogP contribution in [0.2, 0.25) is 0 Å². The number of fused-ring (bicyclic) bond motifs is 1. The molecule has 2 amide bonds. The maximum absolute atomic E-state index is 12.8. The highest BCUT2D eigenvalue weighted by Gasteiger charge is 2.38. The van der Waals surface area contributed by atoms with E-state index < -0.39 is 0 Å². The van der Waals surface area contributed by atoms with Gasteiger partial charge in [0.1, 0.15) is 0 Å². The predicted molar refractivity (Wildman–Crippen MR) is 96.7 cm³/mol. The molecular weight excluding hydrogens is 314 g/mol. The molecule has 1 aliphatic heterocycles. The molecule has 0 unspecified atom stereocenters. The summed E-state index contributed by atoms with van der Waals surface area (Å²) in [6, 6.07) is 23.9. The third-order valence-electron chi connectivity index (χ3n) is 3.98. The maximum Gasteiger partial charge on any atom is 0.282 e. The Morgan fingerprint density at radius 3 is 1.96 bits per heavy atom. The highest BCUT2D eigenvalue weighted by molar-refractivity contribution is 6.24. The molecule has 0 fully saturated rings. The number of para-hydroxylation sites is 2. The van der Waals surface area contributed by atoms with E-state index in [1.807, 2.05) is 48.5 Å². The smallest absolute Gasteiger partial charge is 0.282 e. The average Bonchev–Trinajstić information content (AvgIpc) is 2.89. The van der Waals surface area contributed by atoms with Crippen LogP contribution in [-0.4, -0.2) is 16.8 Å². The Morgan fingerprint density at radius 1 is 0.640 bits per heavy atom. The van der Waals surface area contributed by atoms with Crippen molar-refractivity contribution in [3.63, 3.8) is 0 Å². The van der Waals surface area contributed by atoms with Crippen molar-refractivity contribution >= 4 is 28.9 Å². The summed E-state index contributed by atoms with van der Waals surface area (Å²) in [6.07, 6.45) is 0. The molecule has 1 aliphatic rings. The minimum atomic E-state index is -0.372. The molecule has 0 saturated carbocycles. The number of carbonyl (C=O) groups is 2. The van der Waals surface area contributed by atoms with E-state index in [0.717, 1.165) is 10.7 Å². The number of hydrogen-bond donors (Lipinski definition) is 2. The zero-order valence-corrected chi connectivity index (χ0v) is 13.3. The fraction of sp³-hybridized carbons (Fsp3) is 0. The second kappa shape index (κ2) is 6.13. The lowest BCUT2D eigenvalue weighted by molar-refractivity contribution is 0.0691. The van der Waals surface area contributed by atoms with Gasteiger partial charge in [-0.1, -0.05) is 42.5 Å². The summed E-state index contributed by atoms with van der Waals surface area (Å²) >= 11 is 0. The Balaban J connectivity index is 1.67. The standard InChI is InChI=1S/C20H15N3O2/c24-19-16-12-7-13-17(21-14-8-3-1-4-9-14)18(16)20(25)23(19)22-15-10-5-2-6-11-15/h1-13,21-22H. The van der Waals surface area contributed by atoms with Gasteiger partial charge in [-0.15, -0.1) is 0 Å². The molecule has 1 heterocycles. The molecule has 2 N–H and O–H groups in total. The first-order chi connectivity index (χ1) is 12.2. The molecule has 0 aliphatic carbocycles. The lowest BCUT2D eigenvalue weighted by atomic mass is 10.1. The third kappa shape index (κ3) is 2.72. The zero-order chi connectivity index (χ0) is 17.2. The van der Waals surface area contributed by atoms with Crippen LogP contribution in [0.4, 0.5) is 17.1 Å². The topological polar surface area (TPSA) is 61.4 Å². The van der Waals surface area contributed by atoms with Crippen LogP contribution in [0.5, 0.6) is 0 Å². The highest BCUT2D eigenvalue weighted by Crippen LogP contribution is 2.31. The van der Waals surface area contributed by atoms with Crippen LogP contribution in [0.15, 0.2) is 78.9 Å². The molecule has 5 nitrogen and oxygen atoms in total. The van der Waals surface area contributed by atoms with Crippen LogP contribution >= 0.6 is 0 Å². The van der Waals surface area contributed by atoms with E-state index in [-0.39, 0.29) is 11.8 Å². The van der Waals surface area contributed by atoms with Crippen LogP contribution in [0.3, 0.4) is 0 Å². The lowest BCUT2D eigenvalue weighted by Crippen LogP contribution is -2.35. The van der Waals surface area contributed by atoms with Gasteiger partial charge in [0, 0.05) is 5.69 Å². The van der Waals surface area contributed by atoms with Gasteiger partial charge in [0.25, 0.3) is 11.8 Å². The molecule has 0 atom stereocenters. The van der Waals surface area contributed by atoms with Gasteiger partial charge in [0.05, 0.1) is 22.5 Å². The van der Waals surface area contributed by atoms with Gasteiger partial charge in [-0.05, 0) is 36.4 Å². The molecule has 0 saturated heterocycles. The molecule has 0 spiro atoms. The average molecular weight is 329 g/mol. The van der Waals surface area contributed by atoms with Gasteiger partial charge in [-0.2, -0.15) is 5.01 Å². The first-order valence-corrected chi connectivity index (χ1v) is 7.89. The van der Waals surface area contributed by atoms with Crippen molar-refractivity contribution in [1.82, 2.24) is 5.01 Å². The van der Waals surface area contributed by atoms with Crippen LogP contribution in [0.25, 0.3) is 0 Å². The molecule has 3 aromatic carbocycles. The number of nitrogens with zero attached hydrogens (tertiary/aromatic N) is 1. The summed E-state index contributed by atoms with van der Waals surface area (Å²) in [5.74, 6) is -0.733. The zero-order valence-electron chi connectivity index (χ0n) is 13.3. The number of nitrogens with one attached hydrogen (secondary N) is 2. The Hall–Kier alpha value is -3.60. The minimum absolute atomic E-state index is 0.361. The molecule has 122 valence electrons. The van der Waals surface area contributed by atoms with Crippen molar-refractivity contribution in [2.75, 3.05) is 10.7 Å². The van der Waals surface area contributed by atoms with E-state index in [1.165, 1.54) is 0 Å². The van der Waals surface area contributed by atoms with Crippen molar-refractivity contribution in [2.45, 2.75) is 0 Å². The van der Waals surface area contributed by atoms with E-state index >= 15 is 0 Å². The van der Waals surface area contributed by atoms with Crippen LogP contribution < -0.4 is 10.7 Å². The predicted octanol–water partition coefficient (Wildman–Crippen LogP) is 4.05. The molecule has 0 aromatic heterocycles. The summed E-state index contributed by atoms with van der Waals surface area (Å²) in [6.45, 7) is 0. The van der Waals surface area contributed by atoms with Crippen LogP contribution in [0, 0.1) is 0 Å². The van der Waals surface area contributed by atoms with Gasteiger partial charge in [-0.3, -0.25) is 15.0 Å². The molecule has 3 aromatic rings. The summed E-state index contributed by atoms with van der Waals surface area (Å²) in [7, 11) is 0. The van der Waals surface area contributed by atoms with Gasteiger partial charge in [0.15, 0.2) is 0 Å². The molecular formula is C20H15N3O2. The summed E-state index contributed by atoms with van der Waals surface area (Å²) in [5, 5.41) is 4.26. The van der Waals surface area contributed by atoms with Gasteiger partial charge >= 0.3 is 0 Å². The number of anilines is 3. The number of rotatable bonds is 4. The second-order valence-electron chi connectivity index (χ2n) is 5.64. The highest BCUT2D eigenvalue weighted by atomic mass is 16.2. The largest absolute Gasteiger partial charge is 0.355 e. The van der Waals surface area contributed by atoms with E-state index in [1.54, 1.807) is 30.3 Å². The minimum Gasteiger partial charge on any atom is -0.355 e. The fourth-order valence-electron chi connectivity index (χ4n) is 2.81. The van der Waals surface area contributed by atoms with Crippen molar-refractivity contribution in [3.8, 4) is 0 Å². The van der Waals surface area contributed by atoms with E-state index in [9.17, 15) is 9.59 Å².